The Bertz CT molecular complexity index is 733. The van der Waals surface area contributed by atoms with Crippen molar-refractivity contribution in [2.24, 2.45) is 0 Å². The summed E-state index contributed by atoms with van der Waals surface area (Å²) in [5.74, 6) is 0.865. The molecule has 7 nitrogen and oxygen atoms in total. The molecule has 7 heteroatoms. The Morgan fingerprint density at radius 1 is 0.920 bits per heavy atom. The molecule has 0 atom stereocenters. The van der Waals surface area contributed by atoms with Gasteiger partial charge in [-0.1, -0.05) is 18.2 Å². The Morgan fingerprint density at radius 2 is 1.68 bits per heavy atom. The monoisotopic (exact) mass is 344 g/mol. The lowest BCUT2D eigenvalue weighted by molar-refractivity contribution is -0.125. The molecule has 0 spiro atoms. The second kappa shape index (κ2) is 9.17. The predicted molar refractivity (Wildman–Crippen MR) is 93.1 cm³/mol. The highest BCUT2D eigenvalue weighted by molar-refractivity contribution is 5.94. The zero-order valence-electron chi connectivity index (χ0n) is 14.1. The first-order valence-electron chi connectivity index (χ1n) is 7.59. The van der Waals surface area contributed by atoms with Crippen LogP contribution in [0, 0.1) is 0 Å². The highest BCUT2D eigenvalue weighted by Crippen LogP contribution is 2.25. The lowest BCUT2D eigenvalue weighted by atomic mass is 10.3. The molecule has 0 aliphatic carbocycles. The largest absolute Gasteiger partial charge is 0.497 e. The lowest BCUT2D eigenvalue weighted by Crippen LogP contribution is -2.35. The van der Waals surface area contributed by atoms with Crippen molar-refractivity contribution in [2.75, 3.05) is 32.7 Å². The molecule has 132 valence electrons. The highest BCUT2D eigenvalue weighted by atomic mass is 16.5. The van der Waals surface area contributed by atoms with E-state index in [4.69, 9.17) is 14.2 Å². The molecule has 2 amide bonds. The van der Waals surface area contributed by atoms with Gasteiger partial charge in [-0.05, 0) is 24.3 Å². The fourth-order valence-electron chi connectivity index (χ4n) is 2.02. The number of ether oxygens (including phenoxy) is 3. The van der Waals surface area contributed by atoms with Crippen LogP contribution in [-0.2, 0) is 9.59 Å². The second-order valence-electron chi connectivity index (χ2n) is 5.00. The molecular weight excluding hydrogens is 324 g/mol. The van der Waals surface area contributed by atoms with E-state index in [2.05, 4.69) is 10.6 Å². The summed E-state index contributed by atoms with van der Waals surface area (Å²) in [4.78, 5) is 23.7. The third-order valence-electron chi connectivity index (χ3n) is 3.23. The molecule has 0 heterocycles. The molecule has 2 aromatic rings. The van der Waals surface area contributed by atoms with Gasteiger partial charge in [0.25, 0.3) is 5.91 Å². The number of amides is 2. The molecule has 2 aromatic carbocycles. The Balaban J connectivity index is 1.76. The van der Waals surface area contributed by atoms with E-state index in [9.17, 15) is 9.59 Å². The van der Waals surface area contributed by atoms with Crippen LogP contribution in [0.4, 0.5) is 5.69 Å². The van der Waals surface area contributed by atoms with Gasteiger partial charge in [0.15, 0.2) is 18.1 Å². The minimum Gasteiger partial charge on any atom is -0.497 e. The number of anilines is 1. The van der Waals surface area contributed by atoms with Crippen molar-refractivity contribution in [1.82, 2.24) is 5.32 Å². The van der Waals surface area contributed by atoms with Crippen molar-refractivity contribution < 1.29 is 23.8 Å². The molecule has 0 bridgehead atoms. The normalized spacial score (nSPS) is 9.84. The van der Waals surface area contributed by atoms with E-state index >= 15 is 0 Å². The van der Waals surface area contributed by atoms with E-state index in [1.807, 2.05) is 0 Å². The first kappa shape index (κ1) is 18.1. The van der Waals surface area contributed by atoms with Gasteiger partial charge in [0.05, 0.1) is 20.8 Å². The van der Waals surface area contributed by atoms with Gasteiger partial charge in [-0.2, -0.15) is 0 Å². The summed E-state index contributed by atoms with van der Waals surface area (Å²) in [5, 5.41) is 5.16. The van der Waals surface area contributed by atoms with Gasteiger partial charge in [-0.3, -0.25) is 9.59 Å². The summed E-state index contributed by atoms with van der Waals surface area (Å²) < 4.78 is 15.6. The average molecular weight is 344 g/mol. The Hall–Kier alpha value is -3.22. The lowest BCUT2D eigenvalue weighted by Gasteiger charge is -2.11. The van der Waals surface area contributed by atoms with Crippen LogP contribution in [0.2, 0.25) is 0 Å². The Kier molecular flexibility index (Phi) is 6.65. The van der Waals surface area contributed by atoms with E-state index in [1.165, 1.54) is 7.11 Å². The van der Waals surface area contributed by atoms with Crippen LogP contribution in [0.15, 0.2) is 48.5 Å². The molecule has 0 saturated heterocycles. The highest BCUT2D eigenvalue weighted by Gasteiger charge is 2.09. The van der Waals surface area contributed by atoms with Gasteiger partial charge in [-0.25, -0.2) is 0 Å². The molecule has 0 fully saturated rings. The summed E-state index contributed by atoms with van der Waals surface area (Å²) in [7, 11) is 3.06. The van der Waals surface area contributed by atoms with Crippen molar-refractivity contribution in [3.8, 4) is 17.2 Å². The van der Waals surface area contributed by atoms with Gasteiger partial charge in [0.2, 0.25) is 5.91 Å². The quantitative estimate of drug-likeness (QED) is 0.763. The number of nitrogens with one attached hydrogen (secondary N) is 2. The van der Waals surface area contributed by atoms with Crippen LogP contribution in [0.5, 0.6) is 17.2 Å². The molecule has 2 rings (SSSR count). The first-order valence-corrected chi connectivity index (χ1v) is 7.59. The maximum atomic E-state index is 11.9. The van der Waals surface area contributed by atoms with Crippen molar-refractivity contribution >= 4 is 17.5 Å². The van der Waals surface area contributed by atoms with Crippen LogP contribution in [0.3, 0.4) is 0 Å². The number of carbonyl (C=O) groups excluding carboxylic acids is 2. The summed E-state index contributed by atoms with van der Waals surface area (Å²) in [6, 6.07) is 13.9. The zero-order valence-corrected chi connectivity index (χ0v) is 14.1. The standard InChI is InChI=1S/C18H20N2O5/c1-23-14-7-5-6-13(10-14)20-17(21)11-19-18(22)12-25-16-9-4-3-8-15(16)24-2/h3-10H,11-12H2,1-2H3,(H,19,22)(H,20,21). The molecule has 0 aliphatic heterocycles. The van der Waals surface area contributed by atoms with Crippen LogP contribution in [0.1, 0.15) is 0 Å². The minimum absolute atomic E-state index is 0.161. The molecule has 25 heavy (non-hydrogen) atoms. The third kappa shape index (κ3) is 5.72. The Morgan fingerprint density at radius 3 is 2.40 bits per heavy atom. The van der Waals surface area contributed by atoms with Gasteiger partial charge in [-0.15, -0.1) is 0 Å². The first-order chi connectivity index (χ1) is 12.1. The van der Waals surface area contributed by atoms with Gasteiger partial charge < -0.3 is 24.8 Å². The molecule has 0 aromatic heterocycles. The van der Waals surface area contributed by atoms with Crippen LogP contribution < -0.4 is 24.8 Å². The fraction of sp³-hybridized carbons (Fsp3) is 0.222. The number of hydrogen-bond donors (Lipinski definition) is 2. The van der Waals surface area contributed by atoms with E-state index in [1.54, 1.807) is 55.6 Å². The van der Waals surface area contributed by atoms with Crippen molar-refractivity contribution in [2.45, 2.75) is 0 Å². The number of benzene rings is 2. The molecule has 0 unspecified atom stereocenters. The van der Waals surface area contributed by atoms with E-state index in [0.29, 0.717) is 22.9 Å². The number of para-hydroxylation sites is 2. The predicted octanol–water partition coefficient (Wildman–Crippen LogP) is 1.84. The van der Waals surface area contributed by atoms with Crippen molar-refractivity contribution in [1.29, 1.82) is 0 Å². The Labute approximate surface area is 145 Å². The molecular formula is C18H20N2O5. The van der Waals surface area contributed by atoms with Crippen LogP contribution >= 0.6 is 0 Å². The number of rotatable bonds is 8. The topological polar surface area (TPSA) is 85.9 Å². The summed E-state index contributed by atoms with van der Waals surface area (Å²) in [6.45, 7) is -0.377. The zero-order chi connectivity index (χ0) is 18.1. The number of hydrogen-bond acceptors (Lipinski definition) is 5. The molecule has 0 saturated carbocycles. The van der Waals surface area contributed by atoms with Gasteiger partial charge >= 0.3 is 0 Å². The molecule has 0 aliphatic rings. The average Bonchev–Trinajstić information content (AvgIpc) is 2.65. The second-order valence-corrected chi connectivity index (χ2v) is 5.00. The maximum Gasteiger partial charge on any atom is 0.258 e. The van der Waals surface area contributed by atoms with Gasteiger partial charge in [0.1, 0.15) is 5.75 Å². The number of methoxy groups -OCH3 is 2. The summed E-state index contributed by atoms with van der Waals surface area (Å²) in [5.41, 5.74) is 0.587. The molecule has 2 N–H and O–H groups in total. The van der Waals surface area contributed by atoms with Crippen LogP contribution in [0.25, 0.3) is 0 Å². The maximum absolute atomic E-state index is 11.9. The summed E-state index contributed by atoms with van der Waals surface area (Å²) >= 11 is 0. The van der Waals surface area contributed by atoms with Crippen molar-refractivity contribution in [3.05, 3.63) is 48.5 Å². The molecule has 0 radical (unpaired) electrons. The number of carbonyl (C=O) groups is 2. The minimum atomic E-state index is -0.410. The van der Waals surface area contributed by atoms with E-state index in [0.717, 1.165) is 0 Å². The van der Waals surface area contributed by atoms with E-state index < -0.39 is 5.91 Å². The fourth-order valence-corrected chi connectivity index (χ4v) is 2.02. The van der Waals surface area contributed by atoms with Crippen molar-refractivity contribution in [3.63, 3.8) is 0 Å². The third-order valence-corrected chi connectivity index (χ3v) is 3.23. The summed E-state index contributed by atoms with van der Waals surface area (Å²) in [6.07, 6.45) is 0. The van der Waals surface area contributed by atoms with Crippen LogP contribution in [-0.4, -0.2) is 39.2 Å². The van der Waals surface area contributed by atoms with E-state index in [-0.39, 0.29) is 19.1 Å². The smallest absolute Gasteiger partial charge is 0.258 e. The SMILES string of the molecule is COc1cccc(NC(=O)CNC(=O)COc2ccccc2OC)c1. The van der Waals surface area contributed by atoms with Gasteiger partial charge in [0, 0.05) is 11.8 Å².